The number of fused-ring (bicyclic) bond motifs is 3. The number of ether oxygens (including phenoxy) is 1. The van der Waals surface area contributed by atoms with Crippen LogP contribution < -0.4 is 10.1 Å². The lowest BCUT2D eigenvalue weighted by Gasteiger charge is -2.37. The first kappa shape index (κ1) is 15.6. The molecule has 0 bridgehead atoms. The van der Waals surface area contributed by atoms with Crippen LogP contribution in [0.2, 0.25) is 0 Å². The number of pyridine rings is 1. The third kappa shape index (κ3) is 2.34. The van der Waals surface area contributed by atoms with Crippen LogP contribution in [0.3, 0.4) is 0 Å². The zero-order chi connectivity index (χ0) is 17.7. The van der Waals surface area contributed by atoms with Gasteiger partial charge in [0.15, 0.2) is 5.78 Å². The van der Waals surface area contributed by atoms with E-state index in [1.54, 1.807) is 12.4 Å². The van der Waals surface area contributed by atoms with Crippen LogP contribution in [0.5, 0.6) is 5.75 Å². The molecule has 1 aliphatic heterocycles. The molecule has 1 aromatic heterocycles. The van der Waals surface area contributed by atoms with Crippen molar-refractivity contribution < 1.29 is 14.3 Å². The van der Waals surface area contributed by atoms with Gasteiger partial charge in [0.1, 0.15) is 11.4 Å². The fraction of sp³-hybridized carbons (Fsp3) is 0.381. The quantitative estimate of drug-likeness (QED) is 0.926. The van der Waals surface area contributed by atoms with Crippen molar-refractivity contribution in [3.05, 3.63) is 59.9 Å². The van der Waals surface area contributed by atoms with E-state index in [1.807, 2.05) is 36.4 Å². The topological polar surface area (TPSA) is 68.3 Å². The van der Waals surface area contributed by atoms with Gasteiger partial charge in [-0.25, -0.2) is 0 Å². The lowest BCUT2D eigenvalue weighted by molar-refractivity contribution is -0.124. The Morgan fingerprint density at radius 1 is 1.27 bits per heavy atom. The monoisotopic (exact) mass is 348 g/mol. The lowest BCUT2D eigenvalue weighted by atomic mass is 9.84. The summed E-state index contributed by atoms with van der Waals surface area (Å²) in [7, 11) is 0. The molecular formula is C21H20N2O3. The van der Waals surface area contributed by atoms with E-state index in [2.05, 4.69) is 10.3 Å². The van der Waals surface area contributed by atoms with E-state index in [4.69, 9.17) is 4.74 Å². The summed E-state index contributed by atoms with van der Waals surface area (Å²) in [6.45, 7) is 0.484. The average Bonchev–Trinajstić information content (AvgIpc) is 3.32. The van der Waals surface area contributed by atoms with Crippen molar-refractivity contribution in [1.82, 2.24) is 10.3 Å². The third-order valence-corrected chi connectivity index (χ3v) is 6.13. The molecule has 1 aromatic carbocycles. The summed E-state index contributed by atoms with van der Waals surface area (Å²) in [6, 6.07) is 11.2. The number of aromatic nitrogens is 1. The predicted octanol–water partition coefficient (Wildman–Crippen LogP) is 2.76. The molecule has 1 amide bonds. The van der Waals surface area contributed by atoms with Crippen LogP contribution in [-0.2, 0) is 11.3 Å². The highest BCUT2D eigenvalue weighted by molar-refractivity contribution is 6.00. The smallest absolute Gasteiger partial charge is 0.224 e. The number of benzene rings is 1. The number of amides is 1. The van der Waals surface area contributed by atoms with Crippen LogP contribution in [0.4, 0.5) is 0 Å². The molecule has 26 heavy (non-hydrogen) atoms. The first-order chi connectivity index (χ1) is 12.7. The summed E-state index contributed by atoms with van der Waals surface area (Å²) < 4.78 is 6.34. The summed E-state index contributed by atoms with van der Waals surface area (Å²) >= 11 is 0. The van der Waals surface area contributed by atoms with Gasteiger partial charge in [-0.1, -0.05) is 18.2 Å². The van der Waals surface area contributed by atoms with Crippen molar-refractivity contribution in [2.24, 2.45) is 17.8 Å². The van der Waals surface area contributed by atoms with Gasteiger partial charge in [-0.2, -0.15) is 0 Å². The zero-order valence-corrected chi connectivity index (χ0v) is 14.4. The highest BCUT2D eigenvalue weighted by Gasteiger charge is 2.70. The number of carbonyl (C=O) groups is 2. The number of rotatable bonds is 3. The van der Waals surface area contributed by atoms with E-state index in [0.29, 0.717) is 30.2 Å². The molecule has 3 aliphatic rings. The maximum atomic E-state index is 12.7. The number of carbonyl (C=O) groups excluding carboxylic acids is 2. The van der Waals surface area contributed by atoms with Crippen LogP contribution >= 0.6 is 0 Å². The fourth-order valence-corrected chi connectivity index (χ4v) is 4.93. The summed E-state index contributed by atoms with van der Waals surface area (Å²) in [6.07, 6.45) is 5.67. The molecule has 0 saturated heterocycles. The average molecular weight is 348 g/mol. The maximum absolute atomic E-state index is 12.7. The minimum Gasteiger partial charge on any atom is -0.486 e. The molecule has 2 aliphatic carbocycles. The number of Topliss-reactive ketones (excluding diaryl/α,β-unsaturated/α-hetero) is 1. The molecule has 5 heteroatoms. The summed E-state index contributed by atoms with van der Waals surface area (Å²) in [5.41, 5.74) is 1.16. The van der Waals surface area contributed by atoms with Gasteiger partial charge in [0.05, 0.1) is 12.0 Å². The minimum absolute atomic E-state index is 0.0431. The van der Waals surface area contributed by atoms with Gasteiger partial charge in [0, 0.05) is 30.8 Å². The number of hydrogen-bond acceptors (Lipinski definition) is 4. The maximum Gasteiger partial charge on any atom is 0.224 e. The van der Waals surface area contributed by atoms with E-state index < -0.39 is 5.60 Å². The van der Waals surface area contributed by atoms with Crippen molar-refractivity contribution >= 4 is 11.7 Å². The van der Waals surface area contributed by atoms with Gasteiger partial charge < -0.3 is 10.1 Å². The Labute approximate surface area is 151 Å². The Bertz CT molecular complexity index is 882. The molecule has 5 rings (SSSR count). The third-order valence-electron chi connectivity index (χ3n) is 6.13. The molecule has 2 aromatic rings. The second kappa shape index (κ2) is 5.66. The second-order valence-electron chi connectivity index (χ2n) is 7.60. The van der Waals surface area contributed by atoms with E-state index in [1.165, 1.54) is 0 Å². The molecule has 4 atom stereocenters. The summed E-state index contributed by atoms with van der Waals surface area (Å²) in [5, 5.41) is 3.02. The Kier molecular flexibility index (Phi) is 3.39. The molecule has 0 radical (unpaired) electrons. The minimum atomic E-state index is -0.494. The van der Waals surface area contributed by atoms with Crippen LogP contribution in [0.1, 0.15) is 35.2 Å². The van der Waals surface area contributed by atoms with Gasteiger partial charge in [-0.05, 0) is 42.5 Å². The van der Waals surface area contributed by atoms with Gasteiger partial charge in [0.2, 0.25) is 5.91 Å². The summed E-state index contributed by atoms with van der Waals surface area (Å²) in [4.78, 5) is 29.4. The molecule has 2 saturated carbocycles. The Balaban J connectivity index is 1.31. The van der Waals surface area contributed by atoms with E-state index in [9.17, 15) is 9.59 Å². The Morgan fingerprint density at radius 2 is 2.15 bits per heavy atom. The van der Waals surface area contributed by atoms with Gasteiger partial charge >= 0.3 is 0 Å². The first-order valence-electron chi connectivity index (χ1n) is 9.16. The number of nitrogens with one attached hydrogen (secondary N) is 1. The largest absolute Gasteiger partial charge is 0.486 e. The van der Waals surface area contributed by atoms with Gasteiger partial charge in [-0.15, -0.1) is 0 Å². The molecular weight excluding hydrogens is 328 g/mol. The number of para-hydroxylation sites is 1. The van der Waals surface area contributed by atoms with Gasteiger partial charge in [-0.3, -0.25) is 14.6 Å². The van der Waals surface area contributed by atoms with E-state index in [-0.39, 0.29) is 23.5 Å². The SMILES string of the molecule is O=C1C[C@@]2(CC[C@H]3[C@@H](C(=O)NCc4cccnc4)[C@@H]32)Oc2ccccc21. The molecule has 132 valence electrons. The molecule has 2 fully saturated rings. The number of hydrogen-bond donors (Lipinski definition) is 1. The molecule has 5 nitrogen and oxygen atoms in total. The molecule has 0 unspecified atom stereocenters. The van der Waals surface area contributed by atoms with Gasteiger partial charge in [0.25, 0.3) is 0 Å². The van der Waals surface area contributed by atoms with Crippen LogP contribution in [-0.4, -0.2) is 22.3 Å². The van der Waals surface area contributed by atoms with Crippen molar-refractivity contribution in [3.8, 4) is 5.75 Å². The molecule has 2 heterocycles. The number of nitrogens with zero attached hydrogens (tertiary/aromatic N) is 1. The van der Waals surface area contributed by atoms with Crippen LogP contribution in [0, 0.1) is 17.8 Å². The van der Waals surface area contributed by atoms with Crippen LogP contribution in [0.15, 0.2) is 48.8 Å². The van der Waals surface area contributed by atoms with Crippen molar-refractivity contribution in [1.29, 1.82) is 0 Å². The second-order valence-corrected chi connectivity index (χ2v) is 7.60. The standard InChI is InChI=1S/C21H20N2O3/c24-16-10-21(26-17-6-2-1-5-14(16)17)8-7-15-18(19(15)21)20(25)23-12-13-4-3-9-22-11-13/h1-6,9,11,15,18-19H,7-8,10,12H2,(H,23,25)/t15-,18+,19+,21+/m0/s1. The first-order valence-corrected chi connectivity index (χ1v) is 9.16. The van der Waals surface area contributed by atoms with Crippen molar-refractivity contribution in [3.63, 3.8) is 0 Å². The number of ketones is 1. The predicted molar refractivity (Wildman–Crippen MR) is 94.5 cm³/mol. The lowest BCUT2D eigenvalue weighted by Crippen LogP contribution is -2.44. The highest BCUT2D eigenvalue weighted by Crippen LogP contribution is 2.65. The Morgan fingerprint density at radius 3 is 3.00 bits per heavy atom. The molecule has 1 spiro atoms. The van der Waals surface area contributed by atoms with E-state index >= 15 is 0 Å². The van der Waals surface area contributed by atoms with Crippen molar-refractivity contribution in [2.75, 3.05) is 0 Å². The normalized spacial score (nSPS) is 31.1. The van der Waals surface area contributed by atoms with E-state index in [0.717, 1.165) is 18.4 Å². The zero-order valence-electron chi connectivity index (χ0n) is 14.4. The highest BCUT2D eigenvalue weighted by atomic mass is 16.5. The van der Waals surface area contributed by atoms with Crippen LogP contribution in [0.25, 0.3) is 0 Å². The molecule has 1 N–H and O–H groups in total. The Hall–Kier alpha value is -2.69. The van der Waals surface area contributed by atoms with Crippen molar-refractivity contribution in [2.45, 2.75) is 31.4 Å². The fourth-order valence-electron chi connectivity index (χ4n) is 4.93. The summed E-state index contributed by atoms with van der Waals surface area (Å²) in [5.74, 6) is 1.31.